The molecule has 0 amide bonds. The second kappa shape index (κ2) is 13.2. The van der Waals surface area contributed by atoms with Gasteiger partial charge in [-0.25, -0.2) is 9.59 Å². The molecule has 0 atom stereocenters. The van der Waals surface area contributed by atoms with Crippen LogP contribution < -0.4 is 14.9 Å². The zero-order valence-corrected chi connectivity index (χ0v) is 20.0. The Labute approximate surface area is 203 Å². The standard InChI is InChI=1S/C27H30O8/c1-3-5-12-31-25(29)17-33-20-14-23(34-18-26(30)32-13-6-4-2)27-21(28)16-22(35-24(27)15-20)19-10-8-7-9-11-19/h7-11,14-16H,3-6,12-13,17-18H2,1-2H3. The van der Waals surface area contributed by atoms with Gasteiger partial charge in [-0.1, -0.05) is 57.0 Å². The first-order valence-electron chi connectivity index (χ1n) is 11.8. The van der Waals surface area contributed by atoms with E-state index in [1.165, 1.54) is 18.2 Å². The third kappa shape index (κ3) is 7.60. The van der Waals surface area contributed by atoms with Gasteiger partial charge < -0.3 is 23.4 Å². The molecular weight excluding hydrogens is 452 g/mol. The van der Waals surface area contributed by atoms with Gasteiger partial charge in [-0.05, 0) is 12.8 Å². The molecule has 0 aliphatic carbocycles. The van der Waals surface area contributed by atoms with Gasteiger partial charge in [0, 0.05) is 23.8 Å². The van der Waals surface area contributed by atoms with E-state index in [2.05, 4.69) is 0 Å². The van der Waals surface area contributed by atoms with Crippen molar-refractivity contribution >= 4 is 22.9 Å². The smallest absolute Gasteiger partial charge is 0.344 e. The van der Waals surface area contributed by atoms with Crippen LogP contribution in [0.25, 0.3) is 22.3 Å². The minimum atomic E-state index is -0.553. The molecule has 3 aromatic rings. The summed E-state index contributed by atoms with van der Waals surface area (Å²) in [4.78, 5) is 37.0. The molecule has 8 nitrogen and oxygen atoms in total. The van der Waals surface area contributed by atoms with Gasteiger partial charge in [-0.15, -0.1) is 0 Å². The number of hydrogen-bond donors (Lipinski definition) is 0. The molecule has 0 bridgehead atoms. The highest BCUT2D eigenvalue weighted by molar-refractivity contribution is 5.87. The maximum absolute atomic E-state index is 13.0. The van der Waals surface area contributed by atoms with E-state index in [1.54, 1.807) is 0 Å². The fourth-order valence-electron chi connectivity index (χ4n) is 3.19. The van der Waals surface area contributed by atoms with Crippen molar-refractivity contribution in [2.75, 3.05) is 26.4 Å². The number of ether oxygens (including phenoxy) is 4. The first-order chi connectivity index (χ1) is 17.0. The average molecular weight is 483 g/mol. The molecule has 0 fully saturated rings. The van der Waals surface area contributed by atoms with Crippen LogP contribution >= 0.6 is 0 Å². The van der Waals surface area contributed by atoms with E-state index in [0.29, 0.717) is 19.0 Å². The quantitative estimate of drug-likeness (QED) is 0.250. The predicted octanol–water partition coefficient (Wildman–Crippen LogP) is 4.90. The molecule has 1 heterocycles. The van der Waals surface area contributed by atoms with Crippen molar-refractivity contribution in [3.05, 3.63) is 58.8 Å². The summed E-state index contributed by atoms with van der Waals surface area (Å²) in [5.74, 6) is -0.378. The first kappa shape index (κ1) is 25.8. The van der Waals surface area contributed by atoms with Gasteiger partial charge in [0.15, 0.2) is 18.6 Å². The zero-order chi connectivity index (χ0) is 25.0. The third-order valence-corrected chi connectivity index (χ3v) is 5.05. The molecule has 186 valence electrons. The highest BCUT2D eigenvalue weighted by atomic mass is 16.6. The van der Waals surface area contributed by atoms with Crippen LogP contribution in [-0.4, -0.2) is 38.4 Å². The lowest BCUT2D eigenvalue weighted by molar-refractivity contribution is -0.146. The normalized spacial score (nSPS) is 10.7. The van der Waals surface area contributed by atoms with Crippen molar-refractivity contribution in [1.29, 1.82) is 0 Å². The number of rotatable bonds is 13. The lowest BCUT2D eigenvalue weighted by Crippen LogP contribution is -2.17. The molecule has 0 N–H and O–H groups in total. The number of unbranched alkanes of at least 4 members (excludes halogenated alkanes) is 2. The highest BCUT2D eigenvalue weighted by Crippen LogP contribution is 2.32. The number of carbonyl (C=O) groups is 2. The Balaban J connectivity index is 1.88. The topological polar surface area (TPSA) is 101 Å². The Kier molecular flexibility index (Phi) is 9.71. The molecule has 0 spiro atoms. The van der Waals surface area contributed by atoms with Crippen LogP contribution in [0, 0.1) is 0 Å². The highest BCUT2D eigenvalue weighted by Gasteiger charge is 2.17. The van der Waals surface area contributed by atoms with Gasteiger partial charge in [-0.2, -0.15) is 0 Å². The van der Waals surface area contributed by atoms with Gasteiger partial charge in [0.05, 0.1) is 13.2 Å². The Hall–Kier alpha value is -3.81. The second-order valence-corrected chi connectivity index (χ2v) is 7.86. The molecular formula is C27H30O8. The van der Waals surface area contributed by atoms with E-state index < -0.39 is 11.9 Å². The van der Waals surface area contributed by atoms with Crippen molar-refractivity contribution < 1.29 is 33.0 Å². The number of esters is 2. The largest absolute Gasteiger partial charge is 0.482 e. The van der Waals surface area contributed by atoms with Crippen LogP contribution in [0.15, 0.2) is 57.7 Å². The van der Waals surface area contributed by atoms with E-state index in [1.807, 2.05) is 44.2 Å². The Bertz CT molecular complexity index is 1180. The summed E-state index contributed by atoms with van der Waals surface area (Å²) in [5, 5.41) is 0.156. The molecule has 35 heavy (non-hydrogen) atoms. The summed E-state index contributed by atoms with van der Waals surface area (Å²) in [6.45, 7) is 3.89. The molecule has 0 saturated heterocycles. The molecule has 0 radical (unpaired) electrons. The molecule has 0 unspecified atom stereocenters. The van der Waals surface area contributed by atoms with Crippen LogP contribution in [0.1, 0.15) is 39.5 Å². The van der Waals surface area contributed by atoms with Crippen molar-refractivity contribution in [2.24, 2.45) is 0 Å². The van der Waals surface area contributed by atoms with Gasteiger partial charge in [0.2, 0.25) is 0 Å². The van der Waals surface area contributed by atoms with E-state index >= 15 is 0 Å². The monoisotopic (exact) mass is 482 g/mol. The Morgan fingerprint density at radius 2 is 1.46 bits per heavy atom. The number of hydrogen-bond acceptors (Lipinski definition) is 8. The minimum absolute atomic E-state index is 0.0950. The average Bonchev–Trinajstić information content (AvgIpc) is 2.86. The summed E-state index contributed by atoms with van der Waals surface area (Å²) in [6.07, 6.45) is 3.31. The molecule has 3 rings (SSSR count). The lowest BCUT2D eigenvalue weighted by Gasteiger charge is -2.13. The lowest BCUT2D eigenvalue weighted by atomic mass is 10.1. The van der Waals surface area contributed by atoms with E-state index in [-0.39, 0.29) is 41.1 Å². The van der Waals surface area contributed by atoms with Gasteiger partial charge in [0.1, 0.15) is 28.2 Å². The van der Waals surface area contributed by atoms with Crippen molar-refractivity contribution in [3.8, 4) is 22.8 Å². The summed E-state index contributed by atoms with van der Waals surface area (Å²) < 4.78 is 27.4. The molecule has 2 aromatic carbocycles. The Morgan fingerprint density at radius 3 is 2.09 bits per heavy atom. The zero-order valence-electron chi connectivity index (χ0n) is 20.0. The summed E-state index contributed by atoms with van der Waals surface area (Å²) in [6, 6.07) is 13.5. The van der Waals surface area contributed by atoms with E-state index in [4.69, 9.17) is 23.4 Å². The van der Waals surface area contributed by atoms with Gasteiger partial charge in [0.25, 0.3) is 0 Å². The first-order valence-corrected chi connectivity index (χ1v) is 11.8. The summed E-state index contributed by atoms with van der Waals surface area (Å²) in [7, 11) is 0. The van der Waals surface area contributed by atoms with Crippen LogP contribution in [-0.2, 0) is 19.1 Å². The van der Waals surface area contributed by atoms with Crippen LogP contribution in [0.5, 0.6) is 11.5 Å². The molecule has 0 aliphatic rings. The number of carbonyl (C=O) groups excluding carboxylic acids is 2. The summed E-state index contributed by atoms with van der Waals surface area (Å²) >= 11 is 0. The Morgan fingerprint density at radius 1 is 0.829 bits per heavy atom. The maximum Gasteiger partial charge on any atom is 0.344 e. The maximum atomic E-state index is 13.0. The van der Waals surface area contributed by atoms with E-state index in [9.17, 15) is 14.4 Å². The predicted molar refractivity (Wildman–Crippen MR) is 131 cm³/mol. The van der Waals surface area contributed by atoms with E-state index in [0.717, 1.165) is 31.2 Å². The van der Waals surface area contributed by atoms with Crippen LogP contribution in [0.4, 0.5) is 0 Å². The van der Waals surface area contributed by atoms with Crippen LogP contribution in [0.3, 0.4) is 0 Å². The molecule has 8 heteroatoms. The van der Waals surface area contributed by atoms with Crippen molar-refractivity contribution in [1.82, 2.24) is 0 Å². The minimum Gasteiger partial charge on any atom is -0.482 e. The fraction of sp³-hybridized carbons (Fsp3) is 0.370. The van der Waals surface area contributed by atoms with Crippen molar-refractivity contribution in [2.45, 2.75) is 39.5 Å². The SMILES string of the molecule is CCCCOC(=O)COc1cc(OCC(=O)OCCCC)c2c(=O)cc(-c3ccccc3)oc2c1. The number of benzene rings is 2. The molecule has 0 saturated carbocycles. The van der Waals surface area contributed by atoms with Crippen molar-refractivity contribution in [3.63, 3.8) is 0 Å². The van der Waals surface area contributed by atoms with Gasteiger partial charge in [-0.3, -0.25) is 4.79 Å². The number of fused-ring (bicyclic) bond motifs is 1. The van der Waals surface area contributed by atoms with Crippen LogP contribution in [0.2, 0.25) is 0 Å². The third-order valence-electron chi connectivity index (χ3n) is 5.05. The second-order valence-electron chi connectivity index (χ2n) is 7.86. The van der Waals surface area contributed by atoms with Gasteiger partial charge >= 0.3 is 11.9 Å². The summed E-state index contributed by atoms with van der Waals surface area (Å²) in [5.41, 5.74) is 0.576. The fourth-order valence-corrected chi connectivity index (χ4v) is 3.19. The molecule has 1 aromatic heterocycles. The molecule has 0 aliphatic heterocycles.